The van der Waals surface area contributed by atoms with Crippen LogP contribution in [-0.4, -0.2) is 60.1 Å². The molecule has 124 valence electrons. The van der Waals surface area contributed by atoms with Gasteiger partial charge in [0.2, 0.25) is 0 Å². The molecule has 1 atom stereocenters. The summed E-state index contributed by atoms with van der Waals surface area (Å²) in [7, 11) is 0. The Bertz CT molecular complexity index is 564. The number of benzene rings is 1. The molecule has 1 saturated carbocycles. The summed E-state index contributed by atoms with van der Waals surface area (Å²) in [5, 5.41) is 0. The molecule has 1 spiro atoms. The zero-order valence-corrected chi connectivity index (χ0v) is 13.9. The van der Waals surface area contributed by atoms with Crippen LogP contribution in [-0.2, 0) is 16.0 Å². The molecule has 3 aliphatic rings. The van der Waals surface area contributed by atoms with Gasteiger partial charge in [-0.15, -0.1) is 0 Å². The lowest BCUT2D eigenvalue weighted by atomic mass is 9.91. The highest BCUT2D eigenvalue weighted by Crippen LogP contribution is 2.46. The first-order valence-corrected chi connectivity index (χ1v) is 8.94. The van der Waals surface area contributed by atoms with Crippen molar-refractivity contribution in [3.05, 3.63) is 35.9 Å². The molecular weight excluding hydrogens is 288 g/mol. The number of carbonyl (C=O) groups is 1. The van der Waals surface area contributed by atoms with Gasteiger partial charge in [0.25, 0.3) is 5.91 Å². The van der Waals surface area contributed by atoms with Gasteiger partial charge < -0.3 is 14.5 Å². The van der Waals surface area contributed by atoms with E-state index in [9.17, 15) is 4.79 Å². The molecule has 1 amide bonds. The van der Waals surface area contributed by atoms with Crippen molar-refractivity contribution < 1.29 is 9.53 Å². The third-order valence-corrected chi connectivity index (χ3v) is 5.61. The Labute approximate surface area is 138 Å². The van der Waals surface area contributed by atoms with E-state index in [1.165, 1.54) is 5.56 Å². The minimum Gasteiger partial charge on any atom is -0.360 e. The molecule has 3 fully saturated rings. The van der Waals surface area contributed by atoms with E-state index in [1.54, 1.807) is 0 Å². The van der Waals surface area contributed by atoms with Crippen molar-refractivity contribution >= 4 is 5.91 Å². The summed E-state index contributed by atoms with van der Waals surface area (Å²) in [4.78, 5) is 16.8. The van der Waals surface area contributed by atoms with Gasteiger partial charge >= 0.3 is 0 Å². The van der Waals surface area contributed by atoms with Crippen LogP contribution in [0.5, 0.6) is 0 Å². The molecular formula is C19H26N2O2. The minimum absolute atomic E-state index is 0.233. The summed E-state index contributed by atoms with van der Waals surface area (Å²) in [6.07, 6.45) is 3.19. The van der Waals surface area contributed by atoms with Crippen LogP contribution in [0.4, 0.5) is 0 Å². The molecule has 2 saturated heterocycles. The predicted octanol–water partition coefficient (Wildman–Crippen LogP) is 1.94. The van der Waals surface area contributed by atoms with Gasteiger partial charge in [0.1, 0.15) is 5.60 Å². The maximum Gasteiger partial charge on any atom is 0.254 e. The first-order chi connectivity index (χ1) is 11.2. The van der Waals surface area contributed by atoms with E-state index in [4.69, 9.17) is 4.74 Å². The fourth-order valence-corrected chi connectivity index (χ4v) is 3.89. The van der Waals surface area contributed by atoms with E-state index in [0.717, 1.165) is 52.0 Å². The normalized spacial score (nSPS) is 27.3. The standard InChI is InChI=1S/C19H26N2O2/c1-2-21-14-17(23-19(9-10-19)18(21)22)16-12-20(13-16)11-8-15-6-4-3-5-7-15/h3-7,16-17H,2,8-14H2,1H3. The van der Waals surface area contributed by atoms with Crippen LogP contribution in [0.25, 0.3) is 0 Å². The Hall–Kier alpha value is -1.39. The molecule has 4 nitrogen and oxygen atoms in total. The van der Waals surface area contributed by atoms with Crippen molar-refractivity contribution in [1.82, 2.24) is 9.80 Å². The van der Waals surface area contributed by atoms with Gasteiger partial charge in [-0.2, -0.15) is 0 Å². The van der Waals surface area contributed by atoms with Crippen molar-refractivity contribution in [2.24, 2.45) is 5.92 Å². The summed E-state index contributed by atoms with van der Waals surface area (Å²) in [6, 6.07) is 10.7. The molecule has 0 aromatic heterocycles. The number of likely N-dealkylation sites (tertiary alicyclic amines) is 1. The average molecular weight is 314 g/mol. The molecule has 0 N–H and O–H groups in total. The van der Waals surface area contributed by atoms with E-state index in [-0.39, 0.29) is 12.0 Å². The number of ether oxygens (including phenoxy) is 1. The second kappa shape index (κ2) is 5.91. The Morgan fingerprint density at radius 3 is 2.57 bits per heavy atom. The second-order valence-electron chi connectivity index (χ2n) is 7.25. The lowest BCUT2D eigenvalue weighted by Crippen LogP contribution is -2.61. The number of hydrogen-bond donors (Lipinski definition) is 0. The number of amides is 1. The van der Waals surface area contributed by atoms with Crippen molar-refractivity contribution in [3.8, 4) is 0 Å². The molecule has 2 heterocycles. The van der Waals surface area contributed by atoms with Gasteiger partial charge in [0.05, 0.1) is 6.10 Å². The van der Waals surface area contributed by atoms with Gasteiger partial charge in [-0.25, -0.2) is 0 Å². The molecule has 23 heavy (non-hydrogen) atoms. The number of likely N-dealkylation sites (N-methyl/N-ethyl adjacent to an activating group) is 1. The molecule has 1 aromatic carbocycles. The monoisotopic (exact) mass is 314 g/mol. The quantitative estimate of drug-likeness (QED) is 0.833. The lowest BCUT2D eigenvalue weighted by molar-refractivity contribution is -0.179. The number of morpholine rings is 1. The zero-order valence-electron chi connectivity index (χ0n) is 13.9. The molecule has 1 aliphatic carbocycles. The summed E-state index contributed by atoms with van der Waals surface area (Å²) in [5.74, 6) is 0.821. The predicted molar refractivity (Wildman–Crippen MR) is 89.2 cm³/mol. The summed E-state index contributed by atoms with van der Waals surface area (Å²) in [6.45, 7) is 7.01. The molecule has 4 heteroatoms. The van der Waals surface area contributed by atoms with Crippen LogP contribution in [0.15, 0.2) is 30.3 Å². The van der Waals surface area contributed by atoms with Crippen LogP contribution >= 0.6 is 0 Å². The van der Waals surface area contributed by atoms with Crippen LogP contribution in [0.1, 0.15) is 25.3 Å². The van der Waals surface area contributed by atoms with E-state index < -0.39 is 5.60 Å². The molecule has 4 rings (SSSR count). The van der Waals surface area contributed by atoms with E-state index in [1.807, 2.05) is 4.90 Å². The smallest absolute Gasteiger partial charge is 0.254 e. The van der Waals surface area contributed by atoms with Crippen molar-refractivity contribution in [2.75, 3.05) is 32.7 Å². The summed E-state index contributed by atoms with van der Waals surface area (Å²) < 4.78 is 6.23. The van der Waals surface area contributed by atoms with Crippen LogP contribution < -0.4 is 0 Å². The summed E-state index contributed by atoms with van der Waals surface area (Å²) in [5.41, 5.74) is 0.980. The molecule has 2 aliphatic heterocycles. The Morgan fingerprint density at radius 2 is 1.91 bits per heavy atom. The SMILES string of the molecule is CCN1CC(C2CN(CCc3ccccc3)C2)OC2(CC2)C1=O. The highest BCUT2D eigenvalue weighted by atomic mass is 16.5. The Kier molecular flexibility index (Phi) is 3.90. The number of carbonyl (C=O) groups excluding carboxylic acids is 1. The van der Waals surface area contributed by atoms with Gasteiger partial charge in [0, 0.05) is 38.6 Å². The second-order valence-corrected chi connectivity index (χ2v) is 7.25. The maximum atomic E-state index is 12.3. The van der Waals surface area contributed by atoms with E-state index >= 15 is 0 Å². The lowest BCUT2D eigenvalue weighted by Gasteiger charge is -2.48. The van der Waals surface area contributed by atoms with E-state index in [0.29, 0.717) is 5.92 Å². The summed E-state index contributed by atoms with van der Waals surface area (Å²) >= 11 is 0. The van der Waals surface area contributed by atoms with Crippen LogP contribution in [0, 0.1) is 5.92 Å². The van der Waals surface area contributed by atoms with Crippen LogP contribution in [0.2, 0.25) is 0 Å². The molecule has 1 unspecified atom stereocenters. The molecule has 1 aromatic rings. The largest absolute Gasteiger partial charge is 0.360 e. The fourth-order valence-electron chi connectivity index (χ4n) is 3.89. The number of rotatable bonds is 5. The topological polar surface area (TPSA) is 32.8 Å². The third-order valence-electron chi connectivity index (χ3n) is 5.61. The van der Waals surface area contributed by atoms with Gasteiger partial charge in [-0.3, -0.25) is 4.79 Å². The highest BCUT2D eigenvalue weighted by Gasteiger charge is 2.58. The third kappa shape index (κ3) is 2.90. The van der Waals surface area contributed by atoms with Gasteiger partial charge in [0.15, 0.2) is 0 Å². The van der Waals surface area contributed by atoms with Crippen molar-refractivity contribution in [2.45, 2.75) is 37.9 Å². The average Bonchev–Trinajstić information content (AvgIpc) is 3.30. The Morgan fingerprint density at radius 1 is 1.17 bits per heavy atom. The first-order valence-electron chi connectivity index (χ1n) is 8.94. The zero-order chi connectivity index (χ0) is 15.9. The van der Waals surface area contributed by atoms with Crippen molar-refractivity contribution in [3.63, 3.8) is 0 Å². The maximum absolute atomic E-state index is 12.3. The molecule has 0 radical (unpaired) electrons. The van der Waals surface area contributed by atoms with Gasteiger partial charge in [-0.1, -0.05) is 30.3 Å². The fraction of sp³-hybridized carbons (Fsp3) is 0.632. The number of nitrogens with zero attached hydrogens (tertiary/aromatic N) is 2. The van der Waals surface area contributed by atoms with Crippen LogP contribution in [0.3, 0.4) is 0 Å². The van der Waals surface area contributed by atoms with E-state index in [2.05, 4.69) is 42.2 Å². The first kappa shape index (κ1) is 15.2. The Balaban J connectivity index is 1.27. The number of hydrogen-bond acceptors (Lipinski definition) is 3. The van der Waals surface area contributed by atoms with Gasteiger partial charge in [-0.05, 0) is 31.7 Å². The van der Waals surface area contributed by atoms with Crippen molar-refractivity contribution in [1.29, 1.82) is 0 Å². The highest BCUT2D eigenvalue weighted by molar-refractivity contribution is 5.88. The molecule has 0 bridgehead atoms. The minimum atomic E-state index is -0.427.